The third-order valence-corrected chi connectivity index (χ3v) is 3.28. The highest BCUT2D eigenvalue weighted by Crippen LogP contribution is 2.16. The molecule has 0 bridgehead atoms. The summed E-state index contributed by atoms with van der Waals surface area (Å²) in [6.07, 6.45) is 5.15. The maximum absolute atomic E-state index is 11.0. The van der Waals surface area contributed by atoms with Crippen molar-refractivity contribution in [3.8, 4) is 0 Å². The van der Waals surface area contributed by atoms with Gasteiger partial charge >= 0.3 is 0 Å². The molecule has 1 aromatic heterocycles. The number of sulfonamides is 1. The van der Waals surface area contributed by atoms with Crippen LogP contribution in [-0.4, -0.2) is 37.7 Å². The van der Waals surface area contributed by atoms with E-state index in [1.807, 2.05) is 6.07 Å². The SMILES string of the molecule is CS(=O)(=O)NCc1nccc(N2CCCC2)n1. The molecular weight excluding hydrogens is 240 g/mol. The van der Waals surface area contributed by atoms with E-state index >= 15 is 0 Å². The van der Waals surface area contributed by atoms with Gasteiger partial charge in [-0.05, 0) is 18.9 Å². The smallest absolute Gasteiger partial charge is 0.209 e. The number of nitrogens with one attached hydrogen (secondary N) is 1. The van der Waals surface area contributed by atoms with Gasteiger partial charge in [-0.1, -0.05) is 0 Å². The maximum atomic E-state index is 11.0. The lowest BCUT2D eigenvalue weighted by Gasteiger charge is -2.16. The molecule has 94 valence electrons. The highest BCUT2D eigenvalue weighted by atomic mass is 32.2. The quantitative estimate of drug-likeness (QED) is 0.828. The molecule has 17 heavy (non-hydrogen) atoms. The minimum absolute atomic E-state index is 0.139. The van der Waals surface area contributed by atoms with Crippen LogP contribution in [0.5, 0.6) is 0 Å². The molecular formula is C10H16N4O2S. The molecule has 0 saturated carbocycles. The van der Waals surface area contributed by atoms with Crippen LogP contribution in [0.25, 0.3) is 0 Å². The van der Waals surface area contributed by atoms with Crippen LogP contribution in [0, 0.1) is 0 Å². The predicted molar refractivity (Wildman–Crippen MR) is 65.2 cm³/mol. The van der Waals surface area contributed by atoms with E-state index in [4.69, 9.17) is 0 Å². The first-order valence-electron chi connectivity index (χ1n) is 5.56. The van der Waals surface area contributed by atoms with E-state index in [0.29, 0.717) is 5.82 Å². The standard InChI is InChI=1S/C10H16N4O2S/c1-17(15,16)12-8-9-11-5-4-10(13-9)14-6-2-3-7-14/h4-5,12H,2-3,6-8H2,1H3. The van der Waals surface area contributed by atoms with Crippen molar-refractivity contribution in [2.75, 3.05) is 24.2 Å². The molecule has 1 aromatic rings. The Balaban J connectivity index is 2.06. The number of nitrogens with zero attached hydrogens (tertiary/aromatic N) is 3. The summed E-state index contributed by atoms with van der Waals surface area (Å²) in [5.41, 5.74) is 0. The third kappa shape index (κ3) is 3.64. The summed E-state index contributed by atoms with van der Waals surface area (Å²) < 4.78 is 24.3. The van der Waals surface area contributed by atoms with Gasteiger partial charge in [0.25, 0.3) is 0 Å². The minimum atomic E-state index is -3.20. The first-order valence-corrected chi connectivity index (χ1v) is 7.45. The summed E-state index contributed by atoms with van der Waals surface area (Å²) in [4.78, 5) is 10.6. The van der Waals surface area contributed by atoms with Gasteiger partial charge in [0.1, 0.15) is 11.6 Å². The largest absolute Gasteiger partial charge is 0.357 e. The molecule has 0 radical (unpaired) electrons. The van der Waals surface area contributed by atoms with Gasteiger partial charge in [0.05, 0.1) is 12.8 Å². The van der Waals surface area contributed by atoms with Crippen molar-refractivity contribution in [3.05, 3.63) is 18.1 Å². The van der Waals surface area contributed by atoms with Gasteiger partial charge in [0.2, 0.25) is 10.0 Å². The van der Waals surface area contributed by atoms with Crippen LogP contribution in [0.1, 0.15) is 18.7 Å². The van der Waals surface area contributed by atoms with Crippen molar-refractivity contribution in [2.45, 2.75) is 19.4 Å². The molecule has 1 aliphatic heterocycles. The fraction of sp³-hybridized carbons (Fsp3) is 0.600. The van der Waals surface area contributed by atoms with Crippen molar-refractivity contribution in [3.63, 3.8) is 0 Å². The second-order valence-electron chi connectivity index (χ2n) is 4.12. The molecule has 0 atom stereocenters. The summed E-state index contributed by atoms with van der Waals surface area (Å²) >= 11 is 0. The van der Waals surface area contributed by atoms with Crippen molar-refractivity contribution >= 4 is 15.8 Å². The number of rotatable bonds is 4. The molecule has 0 aromatic carbocycles. The molecule has 0 amide bonds. The lowest BCUT2D eigenvalue weighted by Crippen LogP contribution is -2.24. The van der Waals surface area contributed by atoms with Gasteiger partial charge < -0.3 is 4.90 Å². The van der Waals surface area contributed by atoms with E-state index in [-0.39, 0.29) is 6.54 Å². The van der Waals surface area contributed by atoms with Crippen LogP contribution < -0.4 is 9.62 Å². The van der Waals surface area contributed by atoms with Gasteiger partial charge in [0.15, 0.2) is 0 Å². The molecule has 1 N–H and O–H groups in total. The Hall–Kier alpha value is -1.21. The van der Waals surface area contributed by atoms with E-state index in [9.17, 15) is 8.42 Å². The summed E-state index contributed by atoms with van der Waals surface area (Å²) in [5.74, 6) is 1.38. The molecule has 0 spiro atoms. The zero-order chi connectivity index (χ0) is 12.3. The van der Waals surface area contributed by atoms with Crippen LogP contribution in [0.2, 0.25) is 0 Å². The van der Waals surface area contributed by atoms with Crippen LogP contribution in [0.4, 0.5) is 5.82 Å². The third-order valence-electron chi connectivity index (χ3n) is 2.61. The number of anilines is 1. The van der Waals surface area contributed by atoms with Crippen LogP contribution in [0.15, 0.2) is 12.3 Å². The summed E-state index contributed by atoms with van der Waals surface area (Å²) in [7, 11) is -3.20. The van der Waals surface area contributed by atoms with E-state index in [1.165, 1.54) is 12.8 Å². The lowest BCUT2D eigenvalue weighted by atomic mass is 10.4. The maximum Gasteiger partial charge on any atom is 0.209 e. The summed E-state index contributed by atoms with van der Waals surface area (Å²) in [6, 6.07) is 1.86. The first-order chi connectivity index (χ1) is 8.04. The Labute approximate surface area is 101 Å². The Morgan fingerprint density at radius 2 is 2.12 bits per heavy atom. The zero-order valence-electron chi connectivity index (χ0n) is 9.76. The van der Waals surface area contributed by atoms with Crippen LogP contribution in [0.3, 0.4) is 0 Å². The van der Waals surface area contributed by atoms with Crippen molar-refractivity contribution in [2.24, 2.45) is 0 Å². The van der Waals surface area contributed by atoms with Gasteiger partial charge in [-0.15, -0.1) is 0 Å². The van der Waals surface area contributed by atoms with Crippen LogP contribution in [-0.2, 0) is 16.6 Å². The topological polar surface area (TPSA) is 75.2 Å². The average molecular weight is 256 g/mol. The molecule has 7 heteroatoms. The van der Waals surface area contributed by atoms with Gasteiger partial charge in [0, 0.05) is 19.3 Å². The highest BCUT2D eigenvalue weighted by Gasteiger charge is 2.14. The first kappa shape index (κ1) is 12.3. The lowest BCUT2D eigenvalue weighted by molar-refractivity contribution is 0.585. The molecule has 1 fully saturated rings. The molecule has 6 nitrogen and oxygen atoms in total. The average Bonchev–Trinajstić information content (AvgIpc) is 2.79. The second kappa shape index (κ2) is 4.97. The van der Waals surface area contributed by atoms with Crippen molar-refractivity contribution < 1.29 is 8.42 Å². The molecule has 2 heterocycles. The summed E-state index contributed by atoms with van der Waals surface area (Å²) in [5, 5.41) is 0. The zero-order valence-corrected chi connectivity index (χ0v) is 10.6. The van der Waals surface area contributed by atoms with Gasteiger partial charge in [-0.3, -0.25) is 0 Å². The van der Waals surface area contributed by atoms with Crippen LogP contribution >= 0.6 is 0 Å². The minimum Gasteiger partial charge on any atom is -0.357 e. The predicted octanol–water partition coefficient (Wildman–Crippen LogP) is 0.126. The van der Waals surface area contributed by atoms with E-state index in [0.717, 1.165) is 25.2 Å². The molecule has 0 unspecified atom stereocenters. The molecule has 2 rings (SSSR count). The van der Waals surface area contributed by atoms with Crippen molar-refractivity contribution in [1.29, 1.82) is 0 Å². The van der Waals surface area contributed by atoms with E-state index in [2.05, 4.69) is 19.6 Å². The Morgan fingerprint density at radius 1 is 1.41 bits per heavy atom. The van der Waals surface area contributed by atoms with Crippen molar-refractivity contribution in [1.82, 2.24) is 14.7 Å². The normalized spacial score (nSPS) is 16.4. The molecule has 1 saturated heterocycles. The van der Waals surface area contributed by atoms with Gasteiger partial charge in [-0.25, -0.2) is 23.1 Å². The number of aromatic nitrogens is 2. The van der Waals surface area contributed by atoms with E-state index in [1.54, 1.807) is 6.20 Å². The number of hydrogen-bond acceptors (Lipinski definition) is 5. The molecule has 1 aliphatic rings. The monoisotopic (exact) mass is 256 g/mol. The summed E-state index contributed by atoms with van der Waals surface area (Å²) in [6.45, 7) is 2.16. The second-order valence-corrected chi connectivity index (χ2v) is 5.95. The van der Waals surface area contributed by atoms with E-state index < -0.39 is 10.0 Å². The Morgan fingerprint density at radius 3 is 2.76 bits per heavy atom. The Kier molecular flexibility index (Phi) is 3.58. The van der Waals surface area contributed by atoms with Gasteiger partial charge in [-0.2, -0.15) is 0 Å². The fourth-order valence-electron chi connectivity index (χ4n) is 1.79. The fourth-order valence-corrected chi connectivity index (χ4v) is 2.18. The number of hydrogen-bond donors (Lipinski definition) is 1. The molecule has 0 aliphatic carbocycles. The Bertz CT molecular complexity index is 483. The highest BCUT2D eigenvalue weighted by molar-refractivity contribution is 7.88.